The Hall–Kier alpha value is -1.51. The molecule has 0 N–H and O–H groups in total. The molecule has 15 heavy (non-hydrogen) atoms. The van der Waals surface area contributed by atoms with Crippen LogP contribution in [0.4, 0.5) is 8.78 Å². The summed E-state index contributed by atoms with van der Waals surface area (Å²) in [5, 5.41) is 0. The Morgan fingerprint density at radius 3 is 2.40 bits per heavy atom. The third-order valence-corrected chi connectivity index (χ3v) is 1.93. The average Bonchev–Trinajstić information content (AvgIpc) is 2.14. The van der Waals surface area contributed by atoms with Crippen molar-refractivity contribution in [3.8, 4) is 0 Å². The molecule has 0 bridgehead atoms. The van der Waals surface area contributed by atoms with Crippen molar-refractivity contribution in [3.05, 3.63) is 47.5 Å². The number of hydrogen-bond acceptors (Lipinski definition) is 1. The molecule has 1 aromatic rings. The summed E-state index contributed by atoms with van der Waals surface area (Å²) < 4.78 is 25.5. The molecule has 0 unspecified atom stereocenters. The van der Waals surface area contributed by atoms with Crippen LogP contribution < -0.4 is 0 Å². The second-order valence-electron chi connectivity index (χ2n) is 3.24. The molecule has 0 fully saturated rings. The highest BCUT2D eigenvalue weighted by Gasteiger charge is 2.02. The molecule has 0 aliphatic rings. The van der Waals surface area contributed by atoms with Crippen LogP contribution in [-0.2, 0) is 11.2 Å². The van der Waals surface area contributed by atoms with Crippen LogP contribution >= 0.6 is 0 Å². The van der Waals surface area contributed by atoms with E-state index >= 15 is 0 Å². The van der Waals surface area contributed by atoms with Crippen LogP contribution in [0.3, 0.4) is 0 Å². The van der Waals surface area contributed by atoms with Crippen LogP contribution in [0.25, 0.3) is 0 Å². The first-order chi connectivity index (χ1) is 7.11. The van der Waals surface area contributed by atoms with Gasteiger partial charge in [0, 0.05) is 12.5 Å². The summed E-state index contributed by atoms with van der Waals surface area (Å²) in [6, 6.07) is 3.30. The summed E-state index contributed by atoms with van der Waals surface area (Å²) in [7, 11) is 0. The molecule has 0 radical (unpaired) electrons. The zero-order valence-electron chi connectivity index (χ0n) is 8.47. The number of hydrogen-bond donors (Lipinski definition) is 0. The number of carbonyl (C=O) groups is 1. The number of rotatable bonds is 4. The summed E-state index contributed by atoms with van der Waals surface area (Å²) in [4.78, 5) is 11.1. The Bertz CT molecular complexity index is 363. The fourth-order valence-corrected chi connectivity index (χ4v) is 1.29. The Morgan fingerprint density at radius 2 is 1.87 bits per heavy atom. The van der Waals surface area contributed by atoms with Crippen molar-refractivity contribution >= 4 is 5.78 Å². The van der Waals surface area contributed by atoms with Gasteiger partial charge in [-0.05, 0) is 37.1 Å². The van der Waals surface area contributed by atoms with Gasteiger partial charge in [0.15, 0.2) is 5.78 Å². The van der Waals surface area contributed by atoms with Crippen molar-refractivity contribution in [3.63, 3.8) is 0 Å². The Morgan fingerprint density at radius 1 is 1.27 bits per heavy atom. The lowest BCUT2D eigenvalue weighted by Crippen LogP contribution is -1.97. The van der Waals surface area contributed by atoms with Gasteiger partial charge in [0.1, 0.15) is 11.6 Å². The zero-order chi connectivity index (χ0) is 11.3. The summed E-state index contributed by atoms with van der Waals surface area (Å²) in [5.41, 5.74) is 0.505. The van der Waals surface area contributed by atoms with Gasteiger partial charge in [-0.25, -0.2) is 8.78 Å². The zero-order valence-corrected chi connectivity index (χ0v) is 8.47. The van der Waals surface area contributed by atoms with E-state index in [1.807, 2.05) is 0 Å². The number of aryl methyl sites for hydroxylation is 1. The molecule has 0 spiro atoms. The van der Waals surface area contributed by atoms with E-state index in [2.05, 4.69) is 0 Å². The second-order valence-corrected chi connectivity index (χ2v) is 3.24. The summed E-state index contributed by atoms with van der Waals surface area (Å²) >= 11 is 0. The van der Waals surface area contributed by atoms with E-state index in [0.717, 1.165) is 6.07 Å². The van der Waals surface area contributed by atoms with Gasteiger partial charge >= 0.3 is 0 Å². The molecule has 0 amide bonds. The van der Waals surface area contributed by atoms with Crippen LogP contribution in [0.5, 0.6) is 0 Å². The number of benzene rings is 1. The first kappa shape index (κ1) is 11.6. The number of ketones is 1. The van der Waals surface area contributed by atoms with E-state index in [-0.39, 0.29) is 12.2 Å². The van der Waals surface area contributed by atoms with Crippen LogP contribution in [0.2, 0.25) is 0 Å². The summed E-state index contributed by atoms with van der Waals surface area (Å²) in [6.45, 7) is 1.75. The van der Waals surface area contributed by atoms with E-state index in [1.165, 1.54) is 18.2 Å². The van der Waals surface area contributed by atoms with E-state index < -0.39 is 11.6 Å². The Labute approximate surface area is 87.4 Å². The predicted octanol–water partition coefficient (Wildman–Crippen LogP) is 3.04. The highest BCUT2D eigenvalue weighted by molar-refractivity contribution is 5.89. The largest absolute Gasteiger partial charge is 0.295 e. The van der Waals surface area contributed by atoms with Crippen LogP contribution in [-0.4, -0.2) is 5.78 Å². The quantitative estimate of drug-likeness (QED) is 0.698. The normalized spacial score (nSPS) is 10.9. The third-order valence-electron chi connectivity index (χ3n) is 1.93. The lowest BCUT2D eigenvalue weighted by Gasteiger charge is -2.00. The van der Waals surface area contributed by atoms with Crippen LogP contribution in [0, 0.1) is 11.6 Å². The van der Waals surface area contributed by atoms with Crippen molar-refractivity contribution < 1.29 is 13.6 Å². The number of allylic oxidation sites excluding steroid dienone is 2. The smallest absolute Gasteiger partial charge is 0.155 e. The summed E-state index contributed by atoms with van der Waals surface area (Å²) in [6.07, 6.45) is 3.73. The maximum absolute atomic E-state index is 12.8. The minimum Gasteiger partial charge on any atom is -0.295 e. The molecule has 1 aromatic carbocycles. The Kier molecular flexibility index (Phi) is 4.16. The molecule has 80 valence electrons. The third kappa shape index (κ3) is 4.02. The molecule has 1 nitrogen and oxygen atoms in total. The molecule has 0 aliphatic carbocycles. The van der Waals surface area contributed by atoms with Crippen molar-refractivity contribution in [2.75, 3.05) is 0 Å². The highest BCUT2D eigenvalue weighted by atomic mass is 19.1. The standard InChI is InChI=1S/C12H12F2O/c1-2-3-12(15)5-4-9-6-10(13)8-11(14)7-9/h2-3,6-8H,4-5H2,1H3. The fourth-order valence-electron chi connectivity index (χ4n) is 1.29. The van der Waals surface area contributed by atoms with Gasteiger partial charge in [-0.15, -0.1) is 0 Å². The molecule has 0 atom stereocenters. The van der Waals surface area contributed by atoms with Crippen molar-refractivity contribution in [2.24, 2.45) is 0 Å². The molecule has 0 heterocycles. The minimum atomic E-state index is -0.608. The fraction of sp³-hybridized carbons (Fsp3) is 0.250. The monoisotopic (exact) mass is 210 g/mol. The topological polar surface area (TPSA) is 17.1 Å². The molecule has 0 aromatic heterocycles. The van der Waals surface area contributed by atoms with E-state index in [0.29, 0.717) is 12.0 Å². The maximum atomic E-state index is 12.8. The van der Waals surface area contributed by atoms with Gasteiger partial charge in [0.05, 0.1) is 0 Å². The van der Waals surface area contributed by atoms with E-state index in [4.69, 9.17) is 0 Å². The van der Waals surface area contributed by atoms with Gasteiger partial charge in [-0.1, -0.05) is 6.08 Å². The molecular formula is C12H12F2O. The lowest BCUT2D eigenvalue weighted by molar-refractivity contribution is -0.114. The minimum absolute atomic E-state index is 0.0397. The molecular weight excluding hydrogens is 198 g/mol. The number of carbonyl (C=O) groups excluding carboxylic acids is 1. The molecule has 0 saturated heterocycles. The summed E-state index contributed by atoms with van der Waals surface area (Å²) in [5.74, 6) is -1.26. The van der Waals surface area contributed by atoms with Gasteiger partial charge in [-0.2, -0.15) is 0 Å². The van der Waals surface area contributed by atoms with E-state index in [9.17, 15) is 13.6 Å². The van der Waals surface area contributed by atoms with Gasteiger partial charge in [0.2, 0.25) is 0 Å². The highest BCUT2D eigenvalue weighted by Crippen LogP contribution is 2.10. The van der Waals surface area contributed by atoms with Crippen LogP contribution in [0.15, 0.2) is 30.4 Å². The van der Waals surface area contributed by atoms with Crippen molar-refractivity contribution in [1.29, 1.82) is 0 Å². The second kappa shape index (κ2) is 5.39. The first-order valence-corrected chi connectivity index (χ1v) is 4.72. The Balaban J connectivity index is 2.61. The van der Waals surface area contributed by atoms with E-state index in [1.54, 1.807) is 13.0 Å². The van der Waals surface area contributed by atoms with Gasteiger partial charge < -0.3 is 0 Å². The number of halogens is 2. The van der Waals surface area contributed by atoms with Crippen LogP contribution in [0.1, 0.15) is 18.9 Å². The molecule has 0 saturated carbocycles. The first-order valence-electron chi connectivity index (χ1n) is 4.72. The van der Waals surface area contributed by atoms with Gasteiger partial charge in [0.25, 0.3) is 0 Å². The molecule has 1 rings (SSSR count). The SMILES string of the molecule is CC=CC(=O)CCc1cc(F)cc(F)c1. The van der Waals surface area contributed by atoms with Gasteiger partial charge in [-0.3, -0.25) is 4.79 Å². The average molecular weight is 210 g/mol. The molecule has 0 aliphatic heterocycles. The van der Waals surface area contributed by atoms with Crippen molar-refractivity contribution in [2.45, 2.75) is 19.8 Å². The lowest BCUT2D eigenvalue weighted by atomic mass is 10.1. The predicted molar refractivity (Wildman–Crippen MR) is 54.5 cm³/mol. The molecule has 3 heteroatoms. The van der Waals surface area contributed by atoms with Crippen molar-refractivity contribution in [1.82, 2.24) is 0 Å². The maximum Gasteiger partial charge on any atom is 0.155 e.